The van der Waals surface area contributed by atoms with Crippen molar-refractivity contribution in [3.8, 4) is 0 Å². The van der Waals surface area contributed by atoms with Crippen LogP contribution in [0.4, 0.5) is 22.0 Å². The van der Waals surface area contributed by atoms with E-state index in [4.69, 9.17) is 9.47 Å². The van der Waals surface area contributed by atoms with Crippen LogP contribution in [-0.2, 0) is 9.47 Å². The predicted molar refractivity (Wildman–Crippen MR) is 96.6 cm³/mol. The van der Waals surface area contributed by atoms with Crippen molar-refractivity contribution in [3.05, 3.63) is 0 Å². The van der Waals surface area contributed by atoms with Gasteiger partial charge in [0.1, 0.15) is 12.3 Å². The maximum atomic E-state index is 14.6. The molecule has 28 heavy (non-hydrogen) atoms. The minimum Gasteiger partial charge on any atom is -0.378 e. The molecule has 2 saturated carbocycles. The van der Waals surface area contributed by atoms with Crippen molar-refractivity contribution in [3.63, 3.8) is 0 Å². The van der Waals surface area contributed by atoms with Crippen LogP contribution in [0.2, 0.25) is 0 Å². The lowest BCUT2D eigenvalue weighted by molar-refractivity contribution is -0.307. The maximum Gasteiger partial charge on any atom is 0.358 e. The Kier molecular flexibility index (Phi) is 7.62. The lowest BCUT2D eigenvalue weighted by Crippen LogP contribution is -2.45. The summed E-state index contributed by atoms with van der Waals surface area (Å²) >= 11 is 0. The van der Waals surface area contributed by atoms with Gasteiger partial charge in [-0.2, -0.15) is 8.78 Å². The third kappa shape index (κ3) is 5.38. The van der Waals surface area contributed by atoms with E-state index >= 15 is 0 Å². The highest BCUT2D eigenvalue weighted by atomic mass is 19.3. The molecule has 2 aliphatic carbocycles. The van der Waals surface area contributed by atoms with E-state index in [0.29, 0.717) is 37.5 Å². The third-order valence-electron chi connectivity index (χ3n) is 6.87. The van der Waals surface area contributed by atoms with Crippen LogP contribution in [0.5, 0.6) is 0 Å². The second kappa shape index (κ2) is 9.59. The fourth-order valence-electron chi connectivity index (χ4n) is 5.16. The van der Waals surface area contributed by atoms with Crippen LogP contribution >= 0.6 is 0 Å². The predicted octanol–water partition coefficient (Wildman–Crippen LogP) is 6.17. The second-order valence-corrected chi connectivity index (χ2v) is 8.97. The fourth-order valence-corrected chi connectivity index (χ4v) is 5.16. The normalized spacial score (nSPS) is 43.1. The van der Waals surface area contributed by atoms with Gasteiger partial charge in [0.05, 0.1) is 18.1 Å². The monoisotopic (exact) mass is 412 g/mol. The van der Waals surface area contributed by atoms with Crippen LogP contribution in [0.3, 0.4) is 0 Å². The van der Waals surface area contributed by atoms with Crippen molar-refractivity contribution < 1.29 is 31.4 Å². The molecule has 3 aliphatic rings. The molecule has 0 spiro atoms. The van der Waals surface area contributed by atoms with E-state index in [0.717, 1.165) is 25.9 Å². The Hall–Kier alpha value is -0.430. The molecular weight excluding hydrogens is 379 g/mol. The standard InChI is InChI=1S/C21H33F5O2/c1-2-3-13-4-9-19(27-12-13)14-5-7-15(8-6-14)21(25,26)28-16-10-17(22)20(24)18(23)11-16/h13-20H,2-12H2,1H3. The first kappa shape index (κ1) is 22.3. The molecular formula is C21H33F5O2. The highest BCUT2D eigenvalue weighted by Gasteiger charge is 2.48. The average molecular weight is 412 g/mol. The van der Waals surface area contributed by atoms with E-state index in [-0.39, 0.29) is 6.10 Å². The van der Waals surface area contributed by atoms with Gasteiger partial charge < -0.3 is 9.47 Å². The molecule has 7 heteroatoms. The second-order valence-electron chi connectivity index (χ2n) is 8.97. The molecule has 4 unspecified atom stereocenters. The zero-order valence-corrected chi connectivity index (χ0v) is 16.6. The molecule has 164 valence electrons. The van der Waals surface area contributed by atoms with Gasteiger partial charge in [-0.1, -0.05) is 13.3 Å². The molecule has 2 nitrogen and oxygen atoms in total. The molecule has 1 heterocycles. The number of ether oxygens (including phenoxy) is 2. The van der Waals surface area contributed by atoms with E-state index in [1.165, 1.54) is 6.42 Å². The Bertz CT molecular complexity index is 463. The van der Waals surface area contributed by atoms with Crippen LogP contribution in [0.25, 0.3) is 0 Å². The van der Waals surface area contributed by atoms with Crippen molar-refractivity contribution in [2.45, 2.75) is 108 Å². The first-order valence-electron chi connectivity index (χ1n) is 10.9. The zero-order valence-electron chi connectivity index (χ0n) is 16.6. The van der Waals surface area contributed by atoms with Gasteiger partial charge >= 0.3 is 6.11 Å². The Morgan fingerprint density at radius 3 is 2.11 bits per heavy atom. The Balaban J connectivity index is 1.45. The number of alkyl halides is 5. The summed E-state index contributed by atoms with van der Waals surface area (Å²) in [6.07, 6.45) is -5.59. The Morgan fingerprint density at radius 1 is 0.929 bits per heavy atom. The average Bonchev–Trinajstić information content (AvgIpc) is 2.67. The third-order valence-corrected chi connectivity index (χ3v) is 6.87. The van der Waals surface area contributed by atoms with E-state index in [9.17, 15) is 22.0 Å². The van der Waals surface area contributed by atoms with Crippen molar-refractivity contribution in [2.24, 2.45) is 17.8 Å². The van der Waals surface area contributed by atoms with Gasteiger partial charge in [-0.25, -0.2) is 13.2 Å². The molecule has 0 N–H and O–H groups in total. The molecule has 0 aromatic rings. The number of hydrogen-bond donors (Lipinski definition) is 0. The van der Waals surface area contributed by atoms with Gasteiger partial charge in [-0.3, -0.25) is 0 Å². The summed E-state index contributed by atoms with van der Waals surface area (Å²) in [6, 6.07) is 0. The summed E-state index contributed by atoms with van der Waals surface area (Å²) < 4.78 is 80.1. The smallest absolute Gasteiger partial charge is 0.358 e. The van der Waals surface area contributed by atoms with Gasteiger partial charge in [0, 0.05) is 19.4 Å². The Labute approximate surface area is 164 Å². The molecule has 0 radical (unpaired) electrons. The van der Waals surface area contributed by atoms with E-state index in [1.807, 2.05) is 0 Å². The van der Waals surface area contributed by atoms with Gasteiger partial charge in [-0.15, -0.1) is 0 Å². The number of halogens is 5. The highest BCUT2D eigenvalue weighted by molar-refractivity contribution is 4.89. The Morgan fingerprint density at radius 2 is 1.57 bits per heavy atom. The number of hydrogen-bond acceptors (Lipinski definition) is 2. The van der Waals surface area contributed by atoms with Gasteiger partial charge in [0.15, 0.2) is 6.17 Å². The van der Waals surface area contributed by atoms with Crippen molar-refractivity contribution in [1.29, 1.82) is 0 Å². The first-order valence-corrected chi connectivity index (χ1v) is 10.9. The molecule has 3 rings (SSSR count). The molecule has 3 fully saturated rings. The summed E-state index contributed by atoms with van der Waals surface area (Å²) in [7, 11) is 0. The summed E-state index contributed by atoms with van der Waals surface area (Å²) in [6.45, 7) is 2.93. The molecule has 0 amide bonds. The lowest BCUT2D eigenvalue weighted by atomic mass is 9.76. The van der Waals surface area contributed by atoms with Crippen molar-refractivity contribution in [1.82, 2.24) is 0 Å². The van der Waals surface area contributed by atoms with Gasteiger partial charge in [0.25, 0.3) is 0 Å². The molecule has 1 aliphatic heterocycles. The maximum absolute atomic E-state index is 14.6. The van der Waals surface area contributed by atoms with Crippen LogP contribution < -0.4 is 0 Å². The zero-order chi connectivity index (χ0) is 20.3. The van der Waals surface area contributed by atoms with Crippen LogP contribution in [-0.4, -0.2) is 43.4 Å². The minimum absolute atomic E-state index is 0.156. The largest absolute Gasteiger partial charge is 0.378 e. The highest BCUT2D eigenvalue weighted by Crippen LogP contribution is 2.44. The van der Waals surface area contributed by atoms with E-state index < -0.39 is 49.5 Å². The van der Waals surface area contributed by atoms with Crippen LogP contribution in [0, 0.1) is 17.8 Å². The minimum atomic E-state index is -3.43. The molecule has 0 bridgehead atoms. The molecule has 0 aromatic heterocycles. The fraction of sp³-hybridized carbons (Fsp3) is 1.00. The summed E-state index contributed by atoms with van der Waals surface area (Å²) in [5, 5.41) is 0. The lowest BCUT2D eigenvalue weighted by Gasteiger charge is -2.40. The van der Waals surface area contributed by atoms with Gasteiger partial charge in [0.2, 0.25) is 0 Å². The molecule has 4 atom stereocenters. The van der Waals surface area contributed by atoms with E-state index in [2.05, 4.69) is 6.92 Å². The molecule has 1 saturated heterocycles. The SMILES string of the molecule is CCCC1CCC(C2CCC(C(F)(F)OC3CC(F)C(F)C(F)C3)CC2)OC1. The number of rotatable bonds is 6. The topological polar surface area (TPSA) is 18.5 Å². The van der Waals surface area contributed by atoms with Crippen molar-refractivity contribution >= 4 is 0 Å². The quantitative estimate of drug-likeness (QED) is 0.486. The van der Waals surface area contributed by atoms with Crippen LogP contribution in [0.15, 0.2) is 0 Å². The first-order chi connectivity index (χ1) is 13.3. The van der Waals surface area contributed by atoms with Crippen molar-refractivity contribution in [2.75, 3.05) is 6.61 Å². The van der Waals surface area contributed by atoms with Gasteiger partial charge in [-0.05, 0) is 56.8 Å². The summed E-state index contributed by atoms with van der Waals surface area (Å²) in [5.74, 6) is -0.0464. The summed E-state index contributed by atoms with van der Waals surface area (Å²) in [4.78, 5) is 0. The summed E-state index contributed by atoms with van der Waals surface area (Å²) in [5.41, 5.74) is 0. The molecule has 0 aromatic carbocycles. The van der Waals surface area contributed by atoms with E-state index in [1.54, 1.807) is 0 Å². The van der Waals surface area contributed by atoms with Crippen LogP contribution in [0.1, 0.15) is 71.1 Å².